The Morgan fingerprint density at radius 2 is 2.00 bits per heavy atom. The molecule has 0 radical (unpaired) electrons. The second-order valence-electron chi connectivity index (χ2n) is 5.04. The van der Waals surface area contributed by atoms with Crippen molar-refractivity contribution in [2.24, 2.45) is 11.8 Å². The van der Waals surface area contributed by atoms with E-state index in [9.17, 15) is 9.59 Å². The molecule has 1 fully saturated rings. The minimum atomic E-state index is -0.960. The summed E-state index contributed by atoms with van der Waals surface area (Å²) in [6, 6.07) is 0. The zero-order chi connectivity index (χ0) is 13.1. The summed E-state index contributed by atoms with van der Waals surface area (Å²) in [6.07, 6.45) is 0. The summed E-state index contributed by atoms with van der Waals surface area (Å²) in [5.41, 5.74) is -0.960. The van der Waals surface area contributed by atoms with Crippen LogP contribution in [0.4, 0.5) is 0 Å². The monoisotopic (exact) mass is 278 g/mol. The number of nitrogens with one attached hydrogen (secondary N) is 2. The van der Waals surface area contributed by atoms with Crippen LogP contribution in [0.15, 0.2) is 0 Å². The molecule has 106 valence electrons. The van der Waals surface area contributed by atoms with Crippen molar-refractivity contribution in [1.29, 1.82) is 0 Å². The molecule has 1 atom stereocenters. The van der Waals surface area contributed by atoms with Gasteiger partial charge < -0.3 is 15.4 Å². The van der Waals surface area contributed by atoms with Gasteiger partial charge in [0, 0.05) is 5.92 Å². The predicted molar refractivity (Wildman–Crippen MR) is 71.6 cm³/mol. The SMILES string of the molecule is CCOC(=O)C(C)(C)NC(=O)C(C)C1CNC1.Cl. The van der Waals surface area contributed by atoms with Crippen LogP contribution in [0.5, 0.6) is 0 Å². The first-order chi connectivity index (χ1) is 7.88. The average Bonchev–Trinajstić information content (AvgIpc) is 2.14. The molecule has 18 heavy (non-hydrogen) atoms. The number of carbonyl (C=O) groups is 2. The largest absolute Gasteiger partial charge is 0.464 e. The fourth-order valence-corrected chi connectivity index (χ4v) is 1.66. The molecule has 6 heteroatoms. The number of hydrogen-bond donors (Lipinski definition) is 2. The van der Waals surface area contributed by atoms with Crippen LogP contribution < -0.4 is 10.6 Å². The van der Waals surface area contributed by atoms with E-state index >= 15 is 0 Å². The van der Waals surface area contributed by atoms with Gasteiger partial charge in [-0.3, -0.25) is 4.79 Å². The molecule has 1 heterocycles. The molecular formula is C12H23ClN2O3. The molecular weight excluding hydrogens is 256 g/mol. The highest BCUT2D eigenvalue weighted by atomic mass is 35.5. The van der Waals surface area contributed by atoms with Crippen LogP contribution in [-0.2, 0) is 14.3 Å². The van der Waals surface area contributed by atoms with E-state index in [1.807, 2.05) is 6.92 Å². The van der Waals surface area contributed by atoms with Gasteiger partial charge in [-0.15, -0.1) is 12.4 Å². The lowest BCUT2D eigenvalue weighted by molar-refractivity contribution is -0.152. The van der Waals surface area contributed by atoms with E-state index in [-0.39, 0.29) is 24.2 Å². The van der Waals surface area contributed by atoms with E-state index < -0.39 is 11.5 Å². The minimum absolute atomic E-state index is 0. The van der Waals surface area contributed by atoms with E-state index in [2.05, 4.69) is 10.6 Å². The van der Waals surface area contributed by atoms with Gasteiger partial charge in [-0.05, 0) is 39.8 Å². The van der Waals surface area contributed by atoms with E-state index in [1.54, 1.807) is 20.8 Å². The number of ether oxygens (including phenoxy) is 1. The van der Waals surface area contributed by atoms with Crippen molar-refractivity contribution >= 4 is 24.3 Å². The maximum Gasteiger partial charge on any atom is 0.331 e. The van der Waals surface area contributed by atoms with E-state index in [0.29, 0.717) is 12.5 Å². The topological polar surface area (TPSA) is 67.4 Å². The number of carbonyl (C=O) groups excluding carboxylic acids is 2. The first-order valence-electron chi connectivity index (χ1n) is 6.08. The summed E-state index contributed by atoms with van der Waals surface area (Å²) in [7, 11) is 0. The Hall–Kier alpha value is -0.810. The van der Waals surface area contributed by atoms with Gasteiger partial charge in [-0.25, -0.2) is 4.79 Å². The third-order valence-electron chi connectivity index (χ3n) is 3.16. The highest BCUT2D eigenvalue weighted by molar-refractivity contribution is 5.88. The number of rotatable bonds is 5. The van der Waals surface area contributed by atoms with E-state index in [1.165, 1.54) is 0 Å². The van der Waals surface area contributed by atoms with Gasteiger partial charge in [-0.1, -0.05) is 6.92 Å². The van der Waals surface area contributed by atoms with Crippen LogP contribution in [0.25, 0.3) is 0 Å². The molecule has 1 aliphatic rings. The van der Waals surface area contributed by atoms with Crippen LogP contribution in [0.2, 0.25) is 0 Å². The molecule has 1 rings (SSSR count). The summed E-state index contributed by atoms with van der Waals surface area (Å²) in [5.74, 6) is -0.195. The minimum Gasteiger partial charge on any atom is -0.464 e. The molecule has 0 aromatic carbocycles. The van der Waals surface area contributed by atoms with Crippen molar-refractivity contribution in [3.63, 3.8) is 0 Å². The summed E-state index contributed by atoms with van der Waals surface area (Å²) < 4.78 is 4.92. The lowest BCUT2D eigenvalue weighted by Crippen LogP contribution is -2.56. The maximum absolute atomic E-state index is 12.0. The van der Waals surface area contributed by atoms with Gasteiger partial charge in [0.2, 0.25) is 5.91 Å². The highest BCUT2D eigenvalue weighted by Gasteiger charge is 2.35. The lowest BCUT2D eigenvalue weighted by atomic mass is 9.87. The predicted octanol–water partition coefficient (Wildman–Crippen LogP) is 0.722. The van der Waals surface area contributed by atoms with Crippen molar-refractivity contribution in [2.75, 3.05) is 19.7 Å². The lowest BCUT2D eigenvalue weighted by Gasteiger charge is -2.33. The second kappa shape index (κ2) is 6.95. The molecule has 1 saturated heterocycles. The van der Waals surface area contributed by atoms with Crippen molar-refractivity contribution in [3.05, 3.63) is 0 Å². The quantitative estimate of drug-likeness (QED) is 0.728. The van der Waals surface area contributed by atoms with Crippen molar-refractivity contribution in [1.82, 2.24) is 10.6 Å². The molecule has 0 aromatic rings. The van der Waals surface area contributed by atoms with Gasteiger partial charge >= 0.3 is 5.97 Å². The summed E-state index contributed by atoms with van der Waals surface area (Å²) in [5, 5.41) is 5.88. The fourth-order valence-electron chi connectivity index (χ4n) is 1.66. The van der Waals surface area contributed by atoms with Crippen molar-refractivity contribution < 1.29 is 14.3 Å². The smallest absolute Gasteiger partial charge is 0.331 e. The Bertz CT molecular complexity index is 304. The number of esters is 1. The second-order valence-corrected chi connectivity index (χ2v) is 5.04. The normalized spacial score (nSPS) is 17.1. The molecule has 0 spiro atoms. The van der Waals surface area contributed by atoms with Crippen LogP contribution in [0.1, 0.15) is 27.7 Å². The van der Waals surface area contributed by atoms with Gasteiger partial charge in [0.1, 0.15) is 5.54 Å². The molecule has 1 unspecified atom stereocenters. The Kier molecular flexibility index (Phi) is 6.63. The zero-order valence-electron chi connectivity index (χ0n) is 11.4. The van der Waals surface area contributed by atoms with Crippen LogP contribution in [0.3, 0.4) is 0 Å². The van der Waals surface area contributed by atoms with E-state index in [0.717, 1.165) is 13.1 Å². The standard InChI is InChI=1S/C12H22N2O3.ClH/c1-5-17-11(16)12(3,4)14-10(15)8(2)9-6-13-7-9;/h8-9,13H,5-7H2,1-4H3,(H,14,15);1H. The molecule has 0 bridgehead atoms. The van der Waals surface area contributed by atoms with Gasteiger partial charge in [-0.2, -0.15) is 0 Å². The van der Waals surface area contributed by atoms with Crippen LogP contribution >= 0.6 is 12.4 Å². The Labute approximate surface area is 114 Å². The average molecular weight is 279 g/mol. The maximum atomic E-state index is 12.0. The molecule has 0 aromatic heterocycles. The Morgan fingerprint density at radius 1 is 1.44 bits per heavy atom. The molecule has 1 aliphatic heterocycles. The fraction of sp³-hybridized carbons (Fsp3) is 0.833. The third-order valence-corrected chi connectivity index (χ3v) is 3.16. The first kappa shape index (κ1) is 17.2. The number of amides is 1. The van der Waals surface area contributed by atoms with Gasteiger partial charge in [0.05, 0.1) is 6.61 Å². The number of halogens is 1. The Balaban J connectivity index is 0.00000289. The molecule has 0 aliphatic carbocycles. The van der Waals surface area contributed by atoms with Gasteiger partial charge in [0.15, 0.2) is 0 Å². The van der Waals surface area contributed by atoms with E-state index in [4.69, 9.17) is 4.74 Å². The molecule has 1 amide bonds. The summed E-state index contributed by atoms with van der Waals surface area (Å²) >= 11 is 0. The third kappa shape index (κ3) is 4.14. The first-order valence-corrected chi connectivity index (χ1v) is 6.08. The number of hydrogen-bond acceptors (Lipinski definition) is 4. The zero-order valence-corrected chi connectivity index (χ0v) is 12.2. The Morgan fingerprint density at radius 3 is 2.39 bits per heavy atom. The summed E-state index contributed by atoms with van der Waals surface area (Å²) in [4.78, 5) is 23.6. The molecule has 5 nitrogen and oxygen atoms in total. The van der Waals surface area contributed by atoms with Crippen molar-refractivity contribution in [3.8, 4) is 0 Å². The van der Waals surface area contributed by atoms with Gasteiger partial charge in [0.25, 0.3) is 0 Å². The molecule has 0 saturated carbocycles. The molecule has 2 N–H and O–H groups in total. The van der Waals surface area contributed by atoms with Crippen molar-refractivity contribution in [2.45, 2.75) is 33.2 Å². The summed E-state index contributed by atoms with van der Waals surface area (Å²) in [6.45, 7) is 9.02. The van der Waals surface area contributed by atoms with Crippen LogP contribution in [0, 0.1) is 11.8 Å². The van der Waals surface area contributed by atoms with Crippen LogP contribution in [-0.4, -0.2) is 37.1 Å². The highest BCUT2D eigenvalue weighted by Crippen LogP contribution is 2.17.